The summed E-state index contributed by atoms with van der Waals surface area (Å²) in [6, 6.07) is 10.4. The number of aromatic nitrogens is 5. The number of hydrogen-bond acceptors (Lipinski definition) is 7. The first-order valence-electron chi connectivity index (χ1n) is 9.70. The normalized spacial score (nSPS) is 12.0. The summed E-state index contributed by atoms with van der Waals surface area (Å²) in [7, 11) is 0. The van der Waals surface area contributed by atoms with Gasteiger partial charge in [0.1, 0.15) is 17.5 Å². The number of para-hydroxylation sites is 1. The Hall–Kier alpha value is -3.27. The van der Waals surface area contributed by atoms with E-state index in [-0.39, 0.29) is 18.9 Å². The van der Waals surface area contributed by atoms with Crippen molar-refractivity contribution in [2.24, 2.45) is 0 Å². The highest BCUT2D eigenvalue weighted by Crippen LogP contribution is 2.27. The molecule has 4 aromatic rings. The molecule has 0 bridgehead atoms. The fourth-order valence-electron chi connectivity index (χ4n) is 3.03. The summed E-state index contributed by atoms with van der Waals surface area (Å²) in [6.45, 7) is -0.0873. The van der Waals surface area contributed by atoms with Crippen molar-refractivity contribution in [3.63, 3.8) is 0 Å². The average molecular weight is 473 g/mol. The number of fused-ring (bicyclic) bond motifs is 1. The molecule has 11 heteroatoms. The van der Waals surface area contributed by atoms with Gasteiger partial charge >= 0.3 is 0 Å². The molecule has 0 saturated heterocycles. The van der Waals surface area contributed by atoms with Crippen LogP contribution in [-0.4, -0.2) is 48.5 Å². The predicted molar refractivity (Wildman–Crippen MR) is 120 cm³/mol. The van der Waals surface area contributed by atoms with Crippen molar-refractivity contribution in [3.8, 4) is 11.6 Å². The third-order valence-electron chi connectivity index (χ3n) is 4.56. The van der Waals surface area contributed by atoms with Gasteiger partial charge in [0.25, 0.3) is 5.91 Å². The van der Waals surface area contributed by atoms with Crippen LogP contribution in [0.1, 0.15) is 12.8 Å². The van der Waals surface area contributed by atoms with Gasteiger partial charge in [-0.2, -0.15) is 5.10 Å². The Balaban J connectivity index is 1.62. The maximum atomic E-state index is 12.8. The average Bonchev–Trinajstić information content (AvgIpc) is 3.23. The second-order valence-corrected chi connectivity index (χ2v) is 7.59. The quantitative estimate of drug-likeness (QED) is 0.401. The fourth-order valence-corrected chi connectivity index (χ4v) is 3.36. The zero-order valence-electron chi connectivity index (χ0n) is 16.7. The van der Waals surface area contributed by atoms with E-state index in [9.17, 15) is 9.90 Å². The van der Waals surface area contributed by atoms with Crippen molar-refractivity contribution in [1.82, 2.24) is 24.7 Å². The largest absolute Gasteiger partial charge is 0.464 e. The van der Waals surface area contributed by atoms with Crippen LogP contribution in [0.25, 0.3) is 16.7 Å². The van der Waals surface area contributed by atoms with E-state index >= 15 is 0 Å². The molecule has 1 amide bonds. The van der Waals surface area contributed by atoms with Crippen molar-refractivity contribution in [1.29, 1.82) is 0 Å². The number of rotatable bonds is 8. The van der Waals surface area contributed by atoms with Crippen molar-refractivity contribution >= 4 is 46.0 Å². The standard InChI is InChI=1S/C21H18Cl2N6O3/c22-13-7-8-18(24-10-13)28-20(31)17(6-3-9-30)32-21-14-11-27-29(19(14)25-12-26-21)16-5-2-1-4-15(16)23/h1-2,4-5,7-8,10-12,17,30H,3,6,9H2,(H,24,28,31)/t17-/m0/s1. The van der Waals surface area contributed by atoms with Crippen LogP contribution in [0.4, 0.5) is 5.82 Å². The maximum absolute atomic E-state index is 12.8. The Labute approximate surface area is 193 Å². The second kappa shape index (κ2) is 9.90. The van der Waals surface area contributed by atoms with Gasteiger partial charge in [-0.1, -0.05) is 35.3 Å². The number of nitrogens with zero attached hydrogens (tertiary/aromatic N) is 5. The molecule has 0 unspecified atom stereocenters. The molecule has 0 aliphatic heterocycles. The number of halogens is 2. The summed E-state index contributed by atoms with van der Waals surface area (Å²) < 4.78 is 7.53. The Morgan fingerprint density at radius 2 is 1.97 bits per heavy atom. The lowest BCUT2D eigenvalue weighted by Crippen LogP contribution is -2.33. The summed E-state index contributed by atoms with van der Waals surface area (Å²) >= 11 is 12.1. The van der Waals surface area contributed by atoms with E-state index in [1.54, 1.807) is 29.1 Å². The minimum Gasteiger partial charge on any atom is -0.464 e. The number of nitrogens with one attached hydrogen (secondary N) is 1. The lowest BCUT2D eigenvalue weighted by atomic mass is 10.2. The summed E-state index contributed by atoms with van der Waals surface area (Å²) in [6.07, 6.45) is 4.00. The third-order valence-corrected chi connectivity index (χ3v) is 5.10. The van der Waals surface area contributed by atoms with Crippen LogP contribution in [0.2, 0.25) is 10.0 Å². The predicted octanol–water partition coefficient (Wildman–Crippen LogP) is 3.68. The van der Waals surface area contributed by atoms with Gasteiger partial charge in [-0.3, -0.25) is 4.79 Å². The van der Waals surface area contributed by atoms with Gasteiger partial charge in [0.15, 0.2) is 11.8 Å². The molecule has 32 heavy (non-hydrogen) atoms. The van der Waals surface area contributed by atoms with E-state index in [1.807, 2.05) is 18.2 Å². The lowest BCUT2D eigenvalue weighted by Gasteiger charge is -2.18. The highest BCUT2D eigenvalue weighted by Gasteiger charge is 2.23. The SMILES string of the molecule is O=C(Nc1ccc(Cl)cn1)[C@H](CCCO)Oc1ncnc2c1cnn2-c1ccccc1Cl. The molecular formula is C21H18Cl2N6O3. The van der Waals surface area contributed by atoms with Crippen LogP contribution in [0.3, 0.4) is 0 Å². The molecule has 9 nitrogen and oxygen atoms in total. The number of anilines is 1. The number of benzene rings is 1. The molecule has 1 aromatic carbocycles. The zero-order chi connectivity index (χ0) is 22.5. The highest BCUT2D eigenvalue weighted by molar-refractivity contribution is 6.32. The molecule has 0 fully saturated rings. The van der Waals surface area contributed by atoms with Gasteiger partial charge in [-0.25, -0.2) is 19.6 Å². The Bertz CT molecular complexity index is 1230. The van der Waals surface area contributed by atoms with Crippen molar-refractivity contribution in [2.45, 2.75) is 18.9 Å². The van der Waals surface area contributed by atoms with E-state index in [0.29, 0.717) is 39.0 Å². The number of amides is 1. The van der Waals surface area contributed by atoms with Gasteiger partial charge in [-0.05, 0) is 37.1 Å². The molecule has 0 aliphatic carbocycles. The molecule has 2 N–H and O–H groups in total. The molecule has 0 saturated carbocycles. The van der Waals surface area contributed by atoms with Gasteiger partial charge in [0.2, 0.25) is 5.88 Å². The highest BCUT2D eigenvalue weighted by atomic mass is 35.5. The number of hydrogen-bond donors (Lipinski definition) is 2. The number of aliphatic hydroxyl groups is 1. The summed E-state index contributed by atoms with van der Waals surface area (Å²) in [5.41, 5.74) is 1.13. The molecular weight excluding hydrogens is 455 g/mol. The molecule has 0 aliphatic rings. The van der Waals surface area contributed by atoms with E-state index in [4.69, 9.17) is 27.9 Å². The molecule has 1 atom stereocenters. The molecule has 4 rings (SSSR count). The third kappa shape index (κ3) is 4.80. The van der Waals surface area contributed by atoms with Crippen LogP contribution in [0.5, 0.6) is 5.88 Å². The van der Waals surface area contributed by atoms with Crippen LogP contribution in [-0.2, 0) is 4.79 Å². The fraction of sp³-hybridized carbons (Fsp3) is 0.190. The van der Waals surface area contributed by atoms with E-state index < -0.39 is 12.0 Å². The molecule has 164 valence electrons. The van der Waals surface area contributed by atoms with E-state index in [0.717, 1.165) is 0 Å². The van der Waals surface area contributed by atoms with Crippen LogP contribution >= 0.6 is 23.2 Å². The molecule has 0 spiro atoms. The number of carbonyl (C=O) groups excluding carboxylic acids is 1. The van der Waals surface area contributed by atoms with E-state index in [2.05, 4.69) is 25.4 Å². The number of carbonyl (C=O) groups is 1. The number of aliphatic hydroxyl groups excluding tert-OH is 1. The van der Waals surface area contributed by atoms with Crippen LogP contribution in [0, 0.1) is 0 Å². The molecule has 3 heterocycles. The topological polar surface area (TPSA) is 115 Å². The number of pyridine rings is 1. The Morgan fingerprint density at radius 3 is 2.72 bits per heavy atom. The Morgan fingerprint density at radius 1 is 1.12 bits per heavy atom. The monoisotopic (exact) mass is 472 g/mol. The first kappa shape index (κ1) is 21.9. The van der Waals surface area contributed by atoms with Gasteiger partial charge < -0.3 is 15.2 Å². The summed E-state index contributed by atoms with van der Waals surface area (Å²) in [5.74, 6) is 0.0883. The smallest absolute Gasteiger partial charge is 0.266 e. The minimum atomic E-state index is -0.929. The number of ether oxygens (including phenoxy) is 1. The summed E-state index contributed by atoms with van der Waals surface area (Å²) in [4.78, 5) is 25.4. The maximum Gasteiger partial charge on any atom is 0.266 e. The Kier molecular flexibility index (Phi) is 6.79. The minimum absolute atomic E-state index is 0.0873. The first-order valence-corrected chi connectivity index (χ1v) is 10.5. The molecule has 0 radical (unpaired) electrons. The summed E-state index contributed by atoms with van der Waals surface area (Å²) in [5, 5.41) is 17.8. The van der Waals surface area contributed by atoms with Crippen molar-refractivity contribution in [2.75, 3.05) is 11.9 Å². The van der Waals surface area contributed by atoms with Crippen LogP contribution < -0.4 is 10.1 Å². The van der Waals surface area contributed by atoms with Gasteiger partial charge in [0, 0.05) is 12.8 Å². The van der Waals surface area contributed by atoms with Crippen molar-refractivity contribution < 1.29 is 14.6 Å². The first-order chi connectivity index (χ1) is 15.6. The molecule has 3 aromatic heterocycles. The van der Waals surface area contributed by atoms with Crippen molar-refractivity contribution in [3.05, 3.63) is 65.2 Å². The zero-order valence-corrected chi connectivity index (χ0v) is 18.2. The van der Waals surface area contributed by atoms with Gasteiger partial charge in [0.05, 0.1) is 21.9 Å². The van der Waals surface area contributed by atoms with Gasteiger partial charge in [-0.15, -0.1) is 0 Å². The second-order valence-electron chi connectivity index (χ2n) is 6.75. The van der Waals surface area contributed by atoms with Crippen LogP contribution in [0.15, 0.2) is 55.1 Å². The van der Waals surface area contributed by atoms with E-state index in [1.165, 1.54) is 12.5 Å². The lowest BCUT2D eigenvalue weighted by molar-refractivity contribution is -0.123.